The number of carbonyl (C=O) groups is 1. The molecule has 0 aliphatic carbocycles. The van der Waals surface area contributed by atoms with Crippen LogP contribution in [0.25, 0.3) is 0 Å². The maximum absolute atomic E-state index is 12.0. The highest BCUT2D eigenvalue weighted by molar-refractivity contribution is 6.31. The zero-order chi connectivity index (χ0) is 16.3. The number of hydrogen-bond acceptors (Lipinski definition) is 2. The first-order chi connectivity index (χ1) is 10.4. The summed E-state index contributed by atoms with van der Waals surface area (Å²) in [4.78, 5) is 12.0. The minimum absolute atomic E-state index is 0.261. The largest absolute Gasteiger partial charge is 0.334 e. The number of aromatic nitrogens is 2. The summed E-state index contributed by atoms with van der Waals surface area (Å²) in [5.41, 5.74) is 4.73. The summed E-state index contributed by atoms with van der Waals surface area (Å²) in [6, 6.07) is 5.18. The summed E-state index contributed by atoms with van der Waals surface area (Å²) >= 11 is 6.05. The third-order valence-electron chi connectivity index (χ3n) is 3.69. The van der Waals surface area contributed by atoms with Crippen molar-refractivity contribution in [2.24, 2.45) is 0 Å². The molecule has 2 amide bonds. The summed E-state index contributed by atoms with van der Waals surface area (Å²) in [5.74, 6) is 0. The smallest absolute Gasteiger partial charge is 0.319 e. The lowest BCUT2D eigenvalue weighted by atomic mass is 10.2. The molecule has 0 saturated carbocycles. The molecule has 0 aliphatic heterocycles. The zero-order valence-electron chi connectivity index (χ0n) is 13.3. The van der Waals surface area contributed by atoms with E-state index in [9.17, 15) is 4.79 Å². The highest BCUT2D eigenvalue weighted by Crippen LogP contribution is 2.20. The molecule has 0 radical (unpaired) electrons. The van der Waals surface area contributed by atoms with Gasteiger partial charge in [0.05, 0.1) is 5.69 Å². The van der Waals surface area contributed by atoms with Crippen LogP contribution in [-0.4, -0.2) is 15.8 Å². The van der Waals surface area contributed by atoms with Crippen LogP contribution in [0.15, 0.2) is 18.2 Å². The minimum atomic E-state index is -0.261. The van der Waals surface area contributed by atoms with E-state index in [1.54, 1.807) is 6.07 Å². The fourth-order valence-electron chi connectivity index (χ4n) is 2.31. The van der Waals surface area contributed by atoms with Gasteiger partial charge in [-0.15, -0.1) is 0 Å². The lowest BCUT2D eigenvalue weighted by molar-refractivity contribution is 0.251. The molecule has 2 rings (SSSR count). The number of amides is 2. The number of halogens is 1. The van der Waals surface area contributed by atoms with E-state index in [1.807, 2.05) is 44.5 Å². The number of carbonyl (C=O) groups excluding carboxylic acids is 1. The molecule has 1 aromatic carbocycles. The highest BCUT2D eigenvalue weighted by atomic mass is 35.5. The van der Waals surface area contributed by atoms with Gasteiger partial charge in [-0.2, -0.15) is 5.10 Å². The maximum Gasteiger partial charge on any atom is 0.319 e. The SMILES string of the molecule is CCn1nc(C)c(CNC(=O)Nc2ccc(C)c(Cl)c2)c1C. The van der Waals surface area contributed by atoms with Crippen LogP contribution in [0.3, 0.4) is 0 Å². The Bertz CT molecular complexity index is 694. The van der Waals surface area contributed by atoms with Gasteiger partial charge in [-0.3, -0.25) is 4.68 Å². The first kappa shape index (κ1) is 16.4. The molecule has 0 saturated heterocycles. The Morgan fingerprint density at radius 3 is 2.64 bits per heavy atom. The molecule has 0 bridgehead atoms. The van der Waals surface area contributed by atoms with Gasteiger partial charge in [0.2, 0.25) is 0 Å². The molecule has 0 fully saturated rings. The van der Waals surface area contributed by atoms with Crippen molar-refractivity contribution < 1.29 is 4.79 Å². The first-order valence-corrected chi connectivity index (χ1v) is 7.64. The predicted octanol–water partition coefficient (Wildman–Crippen LogP) is 3.80. The van der Waals surface area contributed by atoms with Gasteiger partial charge in [-0.25, -0.2) is 4.79 Å². The van der Waals surface area contributed by atoms with Gasteiger partial charge in [-0.05, 0) is 45.4 Å². The second kappa shape index (κ2) is 6.83. The molecule has 0 unspecified atom stereocenters. The second-order valence-electron chi connectivity index (χ2n) is 5.24. The molecule has 118 valence electrons. The average Bonchev–Trinajstić information content (AvgIpc) is 2.75. The lowest BCUT2D eigenvalue weighted by Crippen LogP contribution is -2.28. The number of urea groups is 1. The van der Waals surface area contributed by atoms with Crippen LogP contribution in [0.2, 0.25) is 5.02 Å². The Labute approximate surface area is 135 Å². The number of hydrogen-bond donors (Lipinski definition) is 2. The molecule has 0 atom stereocenters. The Morgan fingerprint density at radius 1 is 1.32 bits per heavy atom. The molecule has 0 aliphatic rings. The number of nitrogens with zero attached hydrogens (tertiary/aromatic N) is 2. The number of anilines is 1. The molecule has 2 N–H and O–H groups in total. The number of nitrogens with one attached hydrogen (secondary N) is 2. The third kappa shape index (κ3) is 3.60. The lowest BCUT2D eigenvalue weighted by Gasteiger charge is -2.09. The number of aryl methyl sites for hydroxylation is 3. The number of rotatable bonds is 4. The fourth-order valence-corrected chi connectivity index (χ4v) is 2.49. The molecule has 6 heteroatoms. The van der Waals surface area contributed by atoms with Crippen LogP contribution in [-0.2, 0) is 13.1 Å². The predicted molar refractivity (Wildman–Crippen MR) is 89.4 cm³/mol. The maximum atomic E-state index is 12.0. The molecule has 2 aromatic rings. The first-order valence-electron chi connectivity index (χ1n) is 7.26. The molecule has 1 aromatic heterocycles. The van der Waals surface area contributed by atoms with E-state index in [2.05, 4.69) is 15.7 Å². The Kier molecular flexibility index (Phi) is 5.08. The zero-order valence-corrected chi connectivity index (χ0v) is 14.1. The van der Waals surface area contributed by atoms with Crippen LogP contribution >= 0.6 is 11.6 Å². The average molecular weight is 321 g/mol. The standard InChI is InChI=1S/C16H21ClN4O/c1-5-21-12(4)14(11(3)20-21)9-18-16(22)19-13-7-6-10(2)15(17)8-13/h6-8H,5,9H2,1-4H3,(H2,18,19,22). The van der Waals surface area contributed by atoms with E-state index >= 15 is 0 Å². The van der Waals surface area contributed by atoms with E-state index in [0.717, 1.165) is 29.1 Å². The number of benzene rings is 1. The van der Waals surface area contributed by atoms with Crippen molar-refractivity contribution in [3.8, 4) is 0 Å². The summed E-state index contributed by atoms with van der Waals surface area (Å²) in [6.45, 7) is 9.20. The quantitative estimate of drug-likeness (QED) is 0.900. The minimum Gasteiger partial charge on any atom is -0.334 e. The third-order valence-corrected chi connectivity index (χ3v) is 4.09. The van der Waals surface area contributed by atoms with Crippen molar-refractivity contribution in [3.05, 3.63) is 45.7 Å². The molecule has 5 nitrogen and oxygen atoms in total. The highest BCUT2D eigenvalue weighted by Gasteiger charge is 2.11. The van der Waals surface area contributed by atoms with Gasteiger partial charge in [0.15, 0.2) is 0 Å². The van der Waals surface area contributed by atoms with Crippen LogP contribution in [0.5, 0.6) is 0 Å². The molecular weight excluding hydrogens is 300 g/mol. The van der Waals surface area contributed by atoms with Crippen LogP contribution < -0.4 is 10.6 Å². The van der Waals surface area contributed by atoms with E-state index in [-0.39, 0.29) is 6.03 Å². The van der Waals surface area contributed by atoms with Crippen molar-refractivity contribution in [2.45, 2.75) is 40.8 Å². The van der Waals surface area contributed by atoms with E-state index in [0.29, 0.717) is 17.3 Å². The van der Waals surface area contributed by atoms with Gasteiger partial charge in [0, 0.05) is 35.1 Å². The van der Waals surface area contributed by atoms with Crippen molar-refractivity contribution >= 4 is 23.3 Å². The molecular formula is C16H21ClN4O. The van der Waals surface area contributed by atoms with E-state index in [4.69, 9.17) is 11.6 Å². The summed E-state index contributed by atoms with van der Waals surface area (Å²) in [7, 11) is 0. The molecule has 22 heavy (non-hydrogen) atoms. The topological polar surface area (TPSA) is 59.0 Å². The normalized spacial score (nSPS) is 10.6. The monoisotopic (exact) mass is 320 g/mol. The Balaban J connectivity index is 1.98. The Hall–Kier alpha value is -2.01. The van der Waals surface area contributed by atoms with Gasteiger partial charge in [0.25, 0.3) is 0 Å². The van der Waals surface area contributed by atoms with Gasteiger partial charge < -0.3 is 10.6 Å². The summed E-state index contributed by atoms with van der Waals surface area (Å²) in [5, 5.41) is 10.7. The van der Waals surface area contributed by atoms with Crippen molar-refractivity contribution in [2.75, 3.05) is 5.32 Å². The van der Waals surface area contributed by atoms with Gasteiger partial charge in [-0.1, -0.05) is 17.7 Å². The van der Waals surface area contributed by atoms with Crippen molar-refractivity contribution in [1.29, 1.82) is 0 Å². The van der Waals surface area contributed by atoms with E-state index < -0.39 is 0 Å². The van der Waals surface area contributed by atoms with Crippen molar-refractivity contribution in [1.82, 2.24) is 15.1 Å². The van der Waals surface area contributed by atoms with Crippen LogP contribution in [0.4, 0.5) is 10.5 Å². The fraction of sp³-hybridized carbons (Fsp3) is 0.375. The van der Waals surface area contributed by atoms with Crippen LogP contribution in [0, 0.1) is 20.8 Å². The summed E-state index contributed by atoms with van der Waals surface area (Å²) in [6.07, 6.45) is 0. The van der Waals surface area contributed by atoms with Gasteiger partial charge in [0.1, 0.15) is 0 Å². The van der Waals surface area contributed by atoms with E-state index in [1.165, 1.54) is 0 Å². The molecule has 0 spiro atoms. The van der Waals surface area contributed by atoms with Crippen molar-refractivity contribution in [3.63, 3.8) is 0 Å². The second-order valence-corrected chi connectivity index (χ2v) is 5.64. The molecule has 1 heterocycles. The Morgan fingerprint density at radius 2 is 2.05 bits per heavy atom. The van der Waals surface area contributed by atoms with Crippen LogP contribution in [0.1, 0.15) is 29.4 Å². The summed E-state index contributed by atoms with van der Waals surface area (Å²) < 4.78 is 1.93. The van der Waals surface area contributed by atoms with Gasteiger partial charge >= 0.3 is 6.03 Å².